The van der Waals surface area contributed by atoms with Crippen LogP contribution in [-0.2, 0) is 27.2 Å². The van der Waals surface area contributed by atoms with Crippen LogP contribution in [0.15, 0.2) is 24.3 Å². The number of carbonyl (C=O) groups is 3. The molecular weight excluding hydrogens is 332 g/mol. The van der Waals surface area contributed by atoms with Gasteiger partial charge >= 0.3 is 5.97 Å². The van der Waals surface area contributed by atoms with Crippen LogP contribution in [0.4, 0.5) is 0 Å². The first-order chi connectivity index (χ1) is 12.4. The minimum Gasteiger partial charge on any atom is -0.480 e. The minimum absolute atomic E-state index is 0.0857. The van der Waals surface area contributed by atoms with E-state index in [0.29, 0.717) is 25.9 Å². The third-order valence-electron chi connectivity index (χ3n) is 4.99. The Bertz CT molecular complexity index is 642. The molecule has 6 nitrogen and oxygen atoms in total. The number of carbonyl (C=O) groups excluding carboxylic acids is 2. The second kappa shape index (κ2) is 9.36. The average molecular weight is 360 g/mol. The van der Waals surface area contributed by atoms with Gasteiger partial charge in [0.05, 0.1) is 6.42 Å². The molecule has 2 amide bonds. The van der Waals surface area contributed by atoms with Gasteiger partial charge in [-0.3, -0.25) is 14.4 Å². The molecule has 6 heteroatoms. The third-order valence-corrected chi connectivity index (χ3v) is 4.99. The number of hydrogen-bond donors (Lipinski definition) is 1. The molecule has 1 unspecified atom stereocenters. The normalized spacial score (nSPS) is 17.5. The van der Waals surface area contributed by atoms with Crippen molar-refractivity contribution in [3.63, 3.8) is 0 Å². The molecule has 1 fully saturated rings. The van der Waals surface area contributed by atoms with Crippen LogP contribution in [0.2, 0.25) is 0 Å². The molecule has 1 N–H and O–H groups in total. The van der Waals surface area contributed by atoms with E-state index >= 15 is 0 Å². The number of carboxylic acid groups (broad SMARTS) is 1. The van der Waals surface area contributed by atoms with Crippen LogP contribution in [0.3, 0.4) is 0 Å². The summed E-state index contributed by atoms with van der Waals surface area (Å²) in [5.74, 6) is -1.15. The summed E-state index contributed by atoms with van der Waals surface area (Å²) < 4.78 is 0. The molecule has 0 bridgehead atoms. The zero-order valence-corrected chi connectivity index (χ0v) is 15.6. The van der Waals surface area contributed by atoms with Crippen molar-refractivity contribution < 1.29 is 19.5 Å². The molecule has 142 valence electrons. The van der Waals surface area contributed by atoms with E-state index in [-0.39, 0.29) is 24.4 Å². The number of nitrogens with zero attached hydrogens (tertiary/aromatic N) is 2. The predicted octanol–water partition coefficient (Wildman–Crippen LogP) is 2.11. The summed E-state index contributed by atoms with van der Waals surface area (Å²) in [5, 5.41) is 9.02. The van der Waals surface area contributed by atoms with Gasteiger partial charge in [0.1, 0.15) is 6.54 Å². The van der Waals surface area contributed by atoms with Gasteiger partial charge < -0.3 is 14.9 Å². The lowest BCUT2D eigenvalue weighted by Crippen LogP contribution is -2.43. The SMILES string of the molecule is CCc1ccc(CC(=O)N2CCCC(N(CC(=O)O)C(C)=O)CC2)cc1. The lowest BCUT2D eigenvalue weighted by molar-refractivity contribution is -0.145. The van der Waals surface area contributed by atoms with Gasteiger partial charge in [-0.25, -0.2) is 0 Å². The lowest BCUT2D eigenvalue weighted by Gasteiger charge is -2.28. The van der Waals surface area contributed by atoms with Gasteiger partial charge in [-0.05, 0) is 36.8 Å². The smallest absolute Gasteiger partial charge is 0.323 e. The Balaban J connectivity index is 1.94. The van der Waals surface area contributed by atoms with E-state index in [1.165, 1.54) is 17.4 Å². The lowest BCUT2D eigenvalue weighted by atomic mass is 10.1. The minimum atomic E-state index is -1.01. The van der Waals surface area contributed by atoms with Gasteiger partial charge in [-0.15, -0.1) is 0 Å². The Hall–Kier alpha value is -2.37. The van der Waals surface area contributed by atoms with E-state index in [2.05, 4.69) is 19.1 Å². The Morgan fingerprint density at radius 1 is 1.12 bits per heavy atom. The first-order valence-electron chi connectivity index (χ1n) is 9.25. The Morgan fingerprint density at radius 2 is 1.77 bits per heavy atom. The second-order valence-corrected chi connectivity index (χ2v) is 6.85. The average Bonchev–Trinajstić information content (AvgIpc) is 2.86. The maximum Gasteiger partial charge on any atom is 0.323 e. The van der Waals surface area contributed by atoms with Crippen LogP contribution in [0.1, 0.15) is 44.2 Å². The highest BCUT2D eigenvalue weighted by molar-refractivity contribution is 5.80. The van der Waals surface area contributed by atoms with Crippen molar-refractivity contribution in [2.75, 3.05) is 19.6 Å². The molecule has 1 aromatic carbocycles. The zero-order chi connectivity index (χ0) is 19.1. The number of benzene rings is 1. The van der Waals surface area contributed by atoms with Crippen LogP contribution < -0.4 is 0 Å². The Morgan fingerprint density at radius 3 is 2.35 bits per heavy atom. The summed E-state index contributed by atoms with van der Waals surface area (Å²) in [4.78, 5) is 38.7. The molecule has 1 aliphatic rings. The van der Waals surface area contributed by atoms with Gasteiger partial charge in [0, 0.05) is 26.1 Å². The maximum absolute atomic E-state index is 12.6. The highest BCUT2D eigenvalue weighted by Gasteiger charge is 2.27. The van der Waals surface area contributed by atoms with Gasteiger partial charge in [0.2, 0.25) is 11.8 Å². The summed E-state index contributed by atoms with van der Waals surface area (Å²) in [5.41, 5.74) is 2.26. The molecule has 1 heterocycles. The van der Waals surface area contributed by atoms with Crippen molar-refractivity contribution >= 4 is 17.8 Å². The predicted molar refractivity (Wildman–Crippen MR) is 98.8 cm³/mol. The molecule has 1 atom stereocenters. The molecule has 0 aliphatic carbocycles. The first-order valence-corrected chi connectivity index (χ1v) is 9.25. The maximum atomic E-state index is 12.6. The fourth-order valence-electron chi connectivity index (χ4n) is 3.46. The summed E-state index contributed by atoms with van der Waals surface area (Å²) in [6, 6.07) is 7.99. The molecule has 1 aliphatic heterocycles. The van der Waals surface area contributed by atoms with Crippen molar-refractivity contribution in [1.82, 2.24) is 9.80 Å². The highest BCUT2D eigenvalue weighted by Crippen LogP contribution is 2.18. The van der Waals surface area contributed by atoms with Crippen molar-refractivity contribution in [2.45, 2.75) is 52.0 Å². The quantitative estimate of drug-likeness (QED) is 0.843. The van der Waals surface area contributed by atoms with Crippen LogP contribution in [0, 0.1) is 0 Å². The fraction of sp³-hybridized carbons (Fsp3) is 0.550. The number of rotatable bonds is 6. The van der Waals surface area contributed by atoms with Crippen molar-refractivity contribution in [2.24, 2.45) is 0 Å². The molecule has 2 rings (SSSR count). The number of likely N-dealkylation sites (tertiary alicyclic amines) is 1. The van der Waals surface area contributed by atoms with Crippen LogP contribution in [0.25, 0.3) is 0 Å². The zero-order valence-electron chi connectivity index (χ0n) is 15.6. The van der Waals surface area contributed by atoms with Gasteiger partial charge in [-0.2, -0.15) is 0 Å². The number of amides is 2. The van der Waals surface area contributed by atoms with Crippen molar-refractivity contribution in [3.05, 3.63) is 35.4 Å². The first kappa shape index (κ1) is 19.9. The monoisotopic (exact) mass is 360 g/mol. The fourth-order valence-corrected chi connectivity index (χ4v) is 3.46. The molecule has 0 radical (unpaired) electrons. The molecule has 26 heavy (non-hydrogen) atoms. The van der Waals surface area contributed by atoms with E-state index in [0.717, 1.165) is 24.8 Å². The third kappa shape index (κ3) is 5.58. The van der Waals surface area contributed by atoms with Gasteiger partial charge in [0.25, 0.3) is 0 Å². The van der Waals surface area contributed by atoms with E-state index < -0.39 is 5.97 Å². The molecule has 0 aromatic heterocycles. The van der Waals surface area contributed by atoms with E-state index in [9.17, 15) is 14.4 Å². The van der Waals surface area contributed by atoms with E-state index in [1.54, 1.807) is 0 Å². The van der Waals surface area contributed by atoms with Gasteiger partial charge in [-0.1, -0.05) is 31.2 Å². The molecular formula is C20H28N2O4. The van der Waals surface area contributed by atoms with Crippen LogP contribution >= 0.6 is 0 Å². The number of aryl methyl sites for hydroxylation is 1. The summed E-state index contributed by atoms with van der Waals surface area (Å²) in [6.07, 6.45) is 3.47. The molecule has 1 aromatic rings. The summed E-state index contributed by atoms with van der Waals surface area (Å²) in [7, 11) is 0. The summed E-state index contributed by atoms with van der Waals surface area (Å²) >= 11 is 0. The molecule has 0 spiro atoms. The highest BCUT2D eigenvalue weighted by atomic mass is 16.4. The number of hydrogen-bond acceptors (Lipinski definition) is 3. The van der Waals surface area contributed by atoms with Gasteiger partial charge in [0.15, 0.2) is 0 Å². The standard InChI is InChI=1S/C20H28N2O4/c1-3-16-6-8-17(9-7-16)13-19(24)21-11-4-5-18(10-12-21)22(15(2)23)14-20(25)26/h6-9,18H,3-5,10-14H2,1-2H3,(H,25,26). The summed E-state index contributed by atoms with van der Waals surface area (Å²) in [6.45, 7) is 4.43. The molecule has 1 saturated heterocycles. The number of carboxylic acids is 1. The van der Waals surface area contributed by atoms with E-state index in [4.69, 9.17) is 5.11 Å². The topological polar surface area (TPSA) is 77.9 Å². The van der Waals surface area contributed by atoms with Crippen LogP contribution in [-0.4, -0.2) is 58.4 Å². The van der Waals surface area contributed by atoms with E-state index in [1.807, 2.05) is 17.0 Å². The van der Waals surface area contributed by atoms with Crippen LogP contribution in [0.5, 0.6) is 0 Å². The largest absolute Gasteiger partial charge is 0.480 e. The number of aliphatic carboxylic acids is 1. The van der Waals surface area contributed by atoms with Crippen molar-refractivity contribution in [3.8, 4) is 0 Å². The Labute approximate surface area is 154 Å². The second-order valence-electron chi connectivity index (χ2n) is 6.85. The Kier molecular flexibility index (Phi) is 7.18. The molecule has 0 saturated carbocycles. The van der Waals surface area contributed by atoms with Crippen molar-refractivity contribution in [1.29, 1.82) is 0 Å².